The number of alkyl halides is 3. The van der Waals surface area contributed by atoms with Crippen molar-refractivity contribution in [3.63, 3.8) is 0 Å². The van der Waals surface area contributed by atoms with Crippen LogP contribution in [0, 0.1) is 5.92 Å². The van der Waals surface area contributed by atoms with Crippen LogP contribution in [0.1, 0.15) is 29.8 Å². The minimum Gasteiger partial charge on any atom is -0.342 e. The molecule has 1 unspecified atom stereocenters. The zero-order valence-electron chi connectivity index (χ0n) is 10.3. The van der Waals surface area contributed by atoms with Gasteiger partial charge >= 0.3 is 6.18 Å². The number of nitrogens with one attached hydrogen (secondary N) is 1. The standard InChI is InChI=1S/C12H14F3N3O/c13-12(14,15)10-8-6-7(2-3-9(8)16-17-10)11(19)18-4-1-5-18/h7H,1-6H2,(H,16,17). The van der Waals surface area contributed by atoms with E-state index in [4.69, 9.17) is 0 Å². The summed E-state index contributed by atoms with van der Waals surface area (Å²) in [5.74, 6) is -0.335. The van der Waals surface area contributed by atoms with E-state index in [0.717, 1.165) is 19.5 Å². The maximum atomic E-state index is 12.8. The normalized spacial score (nSPS) is 22.9. The number of halogens is 3. The fourth-order valence-electron chi connectivity index (χ4n) is 2.74. The van der Waals surface area contributed by atoms with E-state index in [9.17, 15) is 18.0 Å². The summed E-state index contributed by atoms with van der Waals surface area (Å²) in [6.07, 6.45) is -2.25. The summed E-state index contributed by atoms with van der Waals surface area (Å²) >= 11 is 0. The Morgan fingerprint density at radius 1 is 1.37 bits per heavy atom. The molecule has 1 amide bonds. The molecule has 0 spiro atoms. The first kappa shape index (κ1) is 12.5. The average Bonchev–Trinajstić information content (AvgIpc) is 2.68. The molecule has 1 aliphatic heterocycles. The molecule has 0 saturated carbocycles. The molecular formula is C12H14F3N3O. The molecule has 1 fully saturated rings. The lowest BCUT2D eigenvalue weighted by Gasteiger charge is -2.35. The van der Waals surface area contributed by atoms with Crippen molar-refractivity contribution >= 4 is 5.91 Å². The lowest BCUT2D eigenvalue weighted by atomic mass is 9.85. The summed E-state index contributed by atoms with van der Waals surface area (Å²) in [7, 11) is 0. The number of aromatic nitrogens is 2. The van der Waals surface area contributed by atoms with Crippen LogP contribution in [0.5, 0.6) is 0 Å². The number of rotatable bonds is 1. The molecule has 0 aromatic carbocycles. The molecule has 1 aliphatic carbocycles. The number of amides is 1. The van der Waals surface area contributed by atoms with E-state index in [2.05, 4.69) is 10.2 Å². The molecule has 1 saturated heterocycles. The van der Waals surface area contributed by atoms with E-state index >= 15 is 0 Å². The van der Waals surface area contributed by atoms with Crippen molar-refractivity contribution in [2.75, 3.05) is 13.1 Å². The van der Waals surface area contributed by atoms with E-state index < -0.39 is 11.9 Å². The first-order chi connectivity index (χ1) is 8.97. The van der Waals surface area contributed by atoms with Crippen molar-refractivity contribution in [1.29, 1.82) is 0 Å². The van der Waals surface area contributed by atoms with Crippen molar-refractivity contribution in [3.05, 3.63) is 17.0 Å². The van der Waals surface area contributed by atoms with Gasteiger partial charge < -0.3 is 4.90 Å². The summed E-state index contributed by atoms with van der Waals surface area (Å²) < 4.78 is 38.4. The number of aryl methyl sites for hydroxylation is 1. The SMILES string of the molecule is O=C(C1CCc2[nH]nc(C(F)(F)F)c2C1)N1CCC1. The Bertz CT molecular complexity index is 505. The molecule has 104 valence electrons. The van der Waals surface area contributed by atoms with E-state index in [1.165, 1.54) is 0 Å². The number of hydrogen-bond donors (Lipinski definition) is 1. The fourth-order valence-corrected chi connectivity index (χ4v) is 2.74. The van der Waals surface area contributed by atoms with Crippen LogP contribution >= 0.6 is 0 Å². The van der Waals surface area contributed by atoms with Gasteiger partial charge in [-0.1, -0.05) is 0 Å². The van der Waals surface area contributed by atoms with Gasteiger partial charge in [-0.15, -0.1) is 0 Å². The van der Waals surface area contributed by atoms with Crippen LogP contribution in [-0.4, -0.2) is 34.1 Å². The highest BCUT2D eigenvalue weighted by Crippen LogP contribution is 2.36. The van der Waals surface area contributed by atoms with Crippen molar-refractivity contribution in [2.45, 2.75) is 31.9 Å². The third-order valence-corrected chi connectivity index (χ3v) is 3.93. The van der Waals surface area contributed by atoms with Crippen molar-refractivity contribution in [3.8, 4) is 0 Å². The number of fused-ring (bicyclic) bond motifs is 1. The topological polar surface area (TPSA) is 49.0 Å². The van der Waals surface area contributed by atoms with Crippen LogP contribution in [0.15, 0.2) is 0 Å². The molecule has 2 aliphatic rings. The monoisotopic (exact) mass is 273 g/mol. The van der Waals surface area contributed by atoms with Gasteiger partial charge in [-0.2, -0.15) is 18.3 Å². The number of aromatic amines is 1. The van der Waals surface area contributed by atoms with Gasteiger partial charge in [-0.25, -0.2) is 0 Å². The third kappa shape index (κ3) is 2.11. The van der Waals surface area contributed by atoms with Gasteiger partial charge in [-0.3, -0.25) is 9.89 Å². The summed E-state index contributed by atoms with van der Waals surface area (Å²) in [5, 5.41) is 5.82. The molecule has 19 heavy (non-hydrogen) atoms. The Morgan fingerprint density at radius 3 is 2.68 bits per heavy atom. The van der Waals surface area contributed by atoms with Crippen molar-refractivity contribution < 1.29 is 18.0 Å². The van der Waals surface area contributed by atoms with Gasteiger partial charge in [0.2, 0.25) is 5.91 Å². The number of likely N-dealkylation sites (tertiary alicyclic amines) is 1. The lowest BCUT2D eigenvalue weighted by molar-refractivity contribution is -0.143. The number of carbonyl (C=O) groups is 1. The quantitative estimate of drug-likeness (QED) is 0.847. The Kier molecular flexibility index (Phi) is 2.79. The number of hydrogen-bond acceptors (Lipinski definition) is 2. The van der Waals surface area contributed by atoms with E-state index in [1.807, 2.05) is 0 Å². The van der Waals surface area contributed by atoms with Gasteiger partial charge in [0.15, 0.2) is 5.69 Å². The second-order valence-corrected chi connectivity index (χ2v) is 5.15. The summed E-state index contributed by atoms with van der Waals surface area (Å²) in [6.45, 7) is 1.47. The molecule has 1 aromatic rings. The van der Waals surface area contributed by atoms with E-state index in [1.54, 1.807) is 4.90 Å². The Morgan fingerprint density at radius 2 is 2.11 bits per heavy atom. The second kappa shape index (κ2) is 4.25. The van der Waals surface area contributed by atoms with Crippen LogP contribution in [0.25, 0.3) is 0 Å². The van der Waals surface area contributed by atoms with Crippen LogP contribution in [0.4, 0.5) is 13.2 Å². The summed E-state index contributed by atoms with van der Waals surface area (Å²) in [6, 6.07) is 0. The highest BCUT2D eigenvalue weighted by Gasteiger charge is 2.41. The van der Waals surface area contributed by atoms with Gasteiger partial charge in [0, 0.05) is 30.3 Å². The van der Waals surface area contributed by atoms with Gasteiger partial charge in [0.25, 0.3) is 0 Å². The molecule has 1 N–H and O–H groups in total. The average molecular weight is 273 g/mol. The van der Waals surface area contributed by atoms with Gasteiger partial charge in [0.05, 0.1) is 0 Å². The minimum absolute atomic E-state index is 0.00813. The molecule has 1 aromatic heterocycles. The molecule has 1 atom stereocenters. The summed E-state index contributed by atoms with van der Waals surface area (Å²) in [5.41, 5.74) is -0.152. The number of carbonyl (C=O) groups excluding carboxylic acids is 1. The Hall–Kier alpha value is -1.53. The Balaban J connectivity index is 1.82. The fraction of sp³-hybridized carbons (Fsp3) is 0.667. The van der Waals surface area contributed by atoms with Crippen LogP contribution in [0.3, 0.4) is 0 Å². The molecule has 2 heterocycles. The van der Waals surface area contributed by atoms with Gasteiger partial charge in [0.1, 0.15) is 0 Å². The van der Waals surface area contributed by atoms with Crippen molar-refractivity contribution in [2.24, 2.45) is 5.92 Å². The zero-order valence-corrected chi connectivity index (χ0v) is 10.3. The molecular weight excluding hydrogens is 259 g/mol. The minimum atomic E-state index is -4.45. The Labute approximate surface area is 108 Å². The number of H-pyrrole nitrogens is 1. The maximum Gasteiger partial charge on any atom is 0.435 e. The summed E-state index contributed by atoms with van der Waals surface area (Å²) in [4.78, 5) is 13.8. The highest BCUT2D eigenvalue weighted by atomic mass is 19.4. The zero-order chi connectivity index (χ0) is 13.6. The van der Waals surface area contributed by atoms with Crippen LogP contribution in [-0.2, 0) is 23.8 Å². The van der Waals surface area contributed by atoms with Crippen molar-refractivity contribution in [1.82, 2.24) is 15.1 Å². The highest BCUT2D eigenvalue weighted by molar-refractivity contribution is 5.80. The lowest BCUT2D eigenvalue weighted by Crippen LogP contribution is -2.46. The van der Waals surface area contributed by atoms with Crippen LogP contribution < -0.4 is 0 Å². The predicted octanol–water partition coefficient (Wildman–Crippen LogP) is 1.77. The molecule has 0 bridgehead atoms. The largest absolute Gasteiger partial charge is 0.435 e. The van der Waals surface area contributed by atoms with E-state index in [0.29, 0.717) is 18.5 Å². The first-order valence-corrected chi connectivity index (χ1v) is 6.39. The molecule has 7 heteroatoms. The third-order valence-electron chi connectivity index (χ3n) is 3.93. The molecule has 0 radical (unpaired) electrons. The van der Waals surface area contributed by atoms with E-state index in [-0.39, 0.29) is 23.8 Å². The first-order valence-electron chi connectivity index (χ1n) is 6.39. The number of nitrogens with zero attached hydrogens (tertiary/aromatic N) is 2. The smallest absolute Gasteiger partial charge is 0.342 e. The molecule has 3 rings (SSSR count). The predicted molar refractivity (Wildman–Crippen MR) is 60.3 cm³/mol. The van der Waals surface area contributed by atoms with Crippen LogP contribution in [0.2, 0.25) is 0 Å². The van der Waals surface area contributed by atoms with Gasteiger partial charge in [-0.05, 0) is 25.7 Å². The maximum absolute atomic E-state index is 12.8. The second-order valence-electron chi connectivity index (χ2n) is 5.15. The molecule has 4 nitrogen and oxygen atoms in total.